The number of ether oxygens (including phenoxy) is 1. The molecule has 5 nitrogen and oxygen atoms in total. The molecule has 120 valence electrons. The molecule has 2 aliphatic heterocycles. The molecule has 3 fully saturated rings. The van der Waals surface area contributed by atoms with E-state index in [1.165, 1.54) is 25.7 Å². The first-order valence-corrected chi connectivity index (χ1v) is 9.25. The molecule has 1 saturated carbocycles. The van der Waals surface area contributed by atoms with Gasteiger partial charge in [0.05, 0.1) is 18.8 Å². The third-order valence-electron chi connectivity index (χ3n) is 4.94. The van der Waals surface area contributed by atoms with Crippen LogP contribution in [0.15, 0.2) is 0 Å². The van der Waals surface area contributed by atoms with Gasteiger partial charge in [0.15, 0.2) is 0 Å². The van der Waals surface area contributed by atoms with Gasteiger partial charge in [-0.15, -0.1) is 0 Å². The van der Waals surface area contributed by atoms with Gasteiger partial charge in [0, 0.05) is 24.9 Å². The minimum Gasteiger partial charge on any atom is -0.387 e. The quantitative estimate of drug-likeness (QED) is 0.796. The molecule has 2 heterocycles. The number of aliphatic hydroxyl groups is 1. The fourth-order valence-electron chi connectivity index (χ4n) is 3.62. The summed E-state index contributed by atoms with van der Waals surface area (Å²) in [4.78, 5) is 14.8. The lowest BCUT2D eigenvalue weighted by molar-refractivity contribution is -0.135. The first kappa shape index (κ1) is 15.6. The Morgan fingerprint density at radius 3 is 2.95 bits per heavy atom. The number of hydrogen-bond donors (Lipinski definition) is 2. The second-order valence-corrected chi connectivity index (χ2v) is 7.62. The Morgan fingerprint density at radius 1 is 1.43 bits per heavy atom. The number of carbonyl (C=O) groups excluding carboxylic acids is 1. The smallest absolute Gasteiger partial charge is 0.239 e. The van der Waals surface area contributed by atoms with Crippen LogP contribution < -0.4 is 5.32 Å². The van der Waals surface area contributed by atoms with Crippen LogP contribution in [0.25, 0.3) is 0 Å². The summed E-state index contributed by atoms with van der Waals surface area (Å²) in [5.41, 5.74) is -0.714. The molecule has 0 aromatic heterocycles. The highest BCUT2D eigenvalue weighted by Crippen LogP contribution is 2.28. The summed E-state index contributed by atoms with van der Waals surface area (Å²) in [5.74, 6) is 1.72. The maximum atomic E-state index is 12.5. The highest BCUT2D eigenvalue weighted by atomic mass is 32.2. The molecule has 0 radical (unpaired) electrons. The number of carbonyl (C=O) groups is 1. The van der Waals surface area contributed by atoms with Crippen molar-refractivity contribution < 1.29 is 14.6 Å². The van der Waals surface area contributed by atoms with Gasteiger partial charge in [0.25, 0.3) is 0 Å². The predicted molar refractivity (Wildman–Crippen MR) is 83.5 cm³/mol. The number of amides is 1. The molecule has 6 heteroatoms. The van der Waals surface area contributed by atoms with Crippen molar-refractivity contribution in [1.29, 1.82) is 0 Å². The van der Waals surface area contributed by atoms with Crippen LogP contribution in [0, 0.1) is 0 Å². The molecule has 1 aliphatic carbocycles. The van der Waals surface area contributed by atoms with Crippen LogP contribution >= 0.6 is 11.8 Å². The Labute approximate surface area is 130 Å². The zero-order valence-electron chi connectivity index (χ0n) is 12.6. The van der Waals surface area contributed by atoms with Crippen LogP contribution in [0.4, 0.5) is 0 Å². The summed E-state index contributed by atoms with van der Waals surface area (Å²) in [5, 5.41) is 13.3. The van der Waals surface area contributed by atoms with E-state index in [9.17, 15) is 9.90 Å². The Hall–Kier alpha value is -0.300. The molecule has 0 bridgehead atoms. The van der Waals surface area contributed by atoms with E-state index in [0.717, 1.165) is 31.1 Å². The minimum absolute atomic E-state index is 0.0203. The number of nitrogens with one attached hydrogen (secondary N) is 1. The van der Waals surface area contributed by atoms with Crippen molar-refractivity contribution >= 4 is 17.7 Å². The summed E-state index contributed by atoms with van der Waals surface area (Å²) in [6, 6.07) is 0.356. The Kier molecular flexibility index (Phi) is 5.09. The molecular weight excluding hydrogens is 288 g/mol. The fourth-order valence-corrected chi connectivity index (χ4v) is 4.92. The first-order valence-electron chi connectivity index (χ1n) is 8.09. The van der Waals surface area contributed by atoms with Crippen LogP contribution in [0.2, 0.25) is 0 Å². The third kappa shape index (κ3) is 3.73. The van der Waals surface area contributed by atoms with Gasteiger partial charge in [-0.3, -0.25) is 9.69 Å². The van der Waals surface area contributed by atoms with Gasteiger partial charge >= 0.3 is 0 Å². The first-order chi connectivity index (χ1) is 10.2. The van der Waals surface area contributed by atoms with E-state index in [-0.39, 0.29) is 11.9 Å². The van der Waals surface area contributed by atoms with Crippen molar-refractivity contribution in [1.82, 2.24) is 10.2 Å². The summed E-state index contributed by atoms with van der Waals surface area (Å²) in [6.45, 7) is 2.42. The van der Waals surface area contributed by atoms with Crippen LogP contribution in [-0.4, -0.2) is 71.4 Å². The molecule has 3 aliphatic rings. The number of rotatable bonds is 4. The average Bonchev–Trinajstić information content (AvgIpc) is 3.17. The highest BCUT2D eigenvalue weighted by Gasteiger charge is 2.37. The fraction of sp³-hybridized carbons (Fsp3) is 0.933. The van der Waals surface area contributed by atoms with Gasteiger partial charge in [0.1, 0.15) is 6.04 Å². The van der Waals surface area contributed by atoms with Crippen LogP contribution in [-0.2, 0) is 9.53 Å². The molecular formula is C15H26N2O3S. The van der Waals surface area contributed by atoms with Crippen molar-refractivity contribution in [3.63, 3.8) is 0 Å². The van der Waals surface area contributed by atoms with Crippen molar-refractivity contribution in [2.75, 3.05) is 37.8 Å². The van der Waals surface area contributed by atoms with E-state index in [4.69, 9.17) is 4.74 Å². The molecule has 2 saturated heterocycles. The molecule has 0 spiro atoms. The van der Waals surface area contributed by atoms with Crippen LogP contribution in [0.5, 0.6) is 0 Å². The Bertz CT molecular complexity index is 368. The van der Waals surface area contributed by atoms with E-state index < -0.39 is 5.60 Å². The average molecular weight is 314 g/mol. The monoisotopic (exact) mass is 314 g/mol. The maximum Gasteiger partial charge on any atom is 0.239 e. The second-order valence-electron chi connectivity index (χ2n) is 6.51. The van der Waals surface area contributed by atoms with Gasteiger partial charge in [0.2, 0.25) is 5.91 Å². The minimum atomic E-state index is -0.714. The molecule has 0 aromatic carbocycles. The Balaban J connectivity index is 1.56. The van der Waals surface area contributed by atoms with Crippen LogP contribution in [0.1, 0.15) is 32.1 Å². The van der Waals surface area contributed by atoms with E-state index in [1.54, 1.807) is 11.8 Å². The number of thioether (sulfide) groups is 1. The normalized spacial score (nSPS) is 35.2. The summed E-state index contributed by atoms with van der Waals surface area (Å²) >= 11 is 1.75. The number of nitrogens with zero attached hydrogens (tertiary/aromatic N) is 1. The predicted octanol–water partition coefficient (Wildman–Crippen LogP) is 0.614. The third-order valence-corrected chi connectivity index (χ3v) is 6.17. The SMILES string of the molecule is O=C(NC[C@]1(O)CCSC1)[C@H]1COCCN1C1CCCC1. The topological polar surface area (TPSA) is 61.8 Å². The van der Waals surface area contributed by atoms with Gasteiger partial charge in [-0.1, -0.05) is 12.8 Å². The lowest BCUT2D eigenvalue weighted by Gasteiger charge is -2.39. The largest absolute Gasteiger partial charge is 0.387 e. The van der Waals surface area contributed by atoms with Crippen LogP contribution in [0.3, 0.4) is 0 Å². The molecule has 0 unspecified atom stereocenters. The van der Waals surface area contributed by atoms with E-state index >= 15 is 0 Å². The number of morpholine rings is 1. The van der Waals surface area contributed by atoms with E-state index in [1.807, 2.05) is 0 Å². The molecule has 2 atom stereocenters. The zero-order valence-corrected chi connectivity index (χ0v) is 13.4. The van der Waals surface area contributed by atoms with Gasteiger partial charge < -0.3 is 15.2 Å². The van der Waals surface area contributed by atoms with Crippen molar-refractivity contribution in [2.45, 2.75) is 49.8 Å². The van der Waals surface area contributed by atoms with Crippen molar-refractivity contribution in [3.05, 3.63) is 0 Å². The molecule has 2 N–H and O–H groups in total. The Morgan fingerprint density at radius 2 is 2.24 bits per heavy atom. The van der Waals surface area contributed by atoms with Crippen molar-refractivity contribution in [3.8, 4) is 0 Å². The number of hydrogen-bond acceptors (Lipinski definition) is 5. The molecule has 1 amide bonds. The van der Waals surface area contributed by atoms with Gasteiger partial charge in [-0.25, -0.2) is 0 Å². The highest BCUT2D eigenvalue weighted by molar-refractivity contribution is 7.99. The second kappa shape index (κ2) is 6.86. The standard InChI is InChI=1S/C15H26N2O3S/c18-14(16-10-15(19)5-8-21-11-15)13-9-20-7-6-17(13)12-3-1-2-4-12/h12-13,19H,1-11H2,(H,16,18)/t13-,15-/m1/s1. The summed E-state index contributed by atoms with van der Waals surface area (Å²) < 4.78 is 5.52. The summed E-state index contributed by atoms with van der Waals surface area (Å²) in [7, 11) is 0. The maximum absolute atomic E-state index is 12.5. The van der Waals surface area contributed by atoms with Gasteiger partial charge in [-0.2, -0.15) is 11.8 Å². The lowest BCUT2D eigenvalue weighted by atomic mass is 10.0. The molecule has 0 aromatic rings. The van der Waals surface area contributed by atoms with E-state index in [2.05, 4.69) is 10.2 Å². The van der Waals surface area contributed by atoms with E-state index in [0.29, 0.717) is 19.2 Å². The molecule has 21 heavy (non-hydrogen) atoms. The summed E-state index contributed by atoms with van der Waals surface area (Å²) in [6.07, 6.45) is 5.71. The lowest BCUT2D eigenvalue weighted by Crippen LogP contribution is -2.58. The zero-order chi connectivity index (χ0) is 14.7. The van der Waals surface area contributed by atoms with Crippen molar-refractivity contribution in [2.24, 2.45) is 0 Å². The van der Waals surface area contributed by atoms with Gasteiger partial charge in [-0.05, 0) is 25.0 Å². The molecule has 3 rings (SSSR count).